The Hall–Kier alpha value is -1.90. The third-order valence-corrected chi connectivity index (χ3v) is 2.87. The zero-order valence-electron chi connectivity index (χ0n) is 10.1. The number of Topliss-reactive ketones (excluding diaryl/α,β-unsaturated/α-hetero) is 1. The molecule has 1 heterocycles. The molecule has 17 heavy (non-hydrogen) atoms. The molecule has 0 radical (unpaired) electrons. The Balaban J connectivity index is 2.47. The average Bonchev–Trinajstić information content (AvgIpc) is 2.54. The minimum Gasteiger partial charge on any atom is -0.301 e. The van der Waals surface area contributed by atoms with Crippen LogP contribution in [0.4, 0.5) is 5.69 Å². The van der Waals surface area contributed by atoms with Crippen LogP contribution in [-0.4, -0.2) is 18.2 Å². The van der Waals surface area contributed by atoms with Gasteiger partial charge in [0, 0.05) is 6.54 Å². The number of ketones is 1. The summed E-state index contributed by atoms with van der Waals surface area (Å²) in [7, 11) is 0. The third kappa shape index (κ3) is 1.88. The summed E-state index contributed by atoms with van der Waals surface area (Å²) in [6.07, 6.45) is 0.856. The number of carbonyl (C=O) groups is 2. The van der Waals surface area contributed by atoms with Crippen molar-refractivity contribution in [2.45, 2.75) is 20.3 Å². The van der Waals surface area contributed by atoms with Gasteiger partial charge in [0.25, 0.3) is 11.7 Å². The maximum atomic E-state index is 11.8. The van der Waals surface area contributed by atoms with Crippen LogP contribution in [0.15, 0.2) is 30.4 Å². The number of fused-ring (bicyclic) bond motifs is 1. The molecule has 1 aromatic carbocycles. The molecule has 0 bridgehead atoms. The van der Waals surface area contributed by atoms with Crippen LogP contribution in [0.3, 0.4) is 0 Å². The van der Waals surface area contributed by atoms with Crippen molar-refractivity contribution in [1.29, 1.82) is 0 Å². The minimum absolute atomic E-state index is 0.406. The lowest BCUT2D eigenvalue weighted by atomic mass is 10.1. The Kier molecular flexibility index (Phi) is 2.84. The molecule has 1 aliphatic heterocycles. The van der Waals surface area contributed by atoms with Gasteiger partial charge in [-0.1, -0.05) is 25.1 Å². The molecular weight excluding hydrogens is 214 g/mol. The molecule has 0 saturated heterocycles. The van der Waals surface area contributed by atoms with Crippen LogP contribution in [-0.2, 0) is 11.2 Å². The number of benzene rings is 1. The highest BCUT2D eigenvalue weighted by Crippen LogP contribution is 2.30. The molecule has 1 aromatic rings. The van der Waals surface area contributed by atoms with Crippen LogP contribution in [0.2, 0.25) is 0 Å². The summed E-state index contributed by atoms with van der Waals surface area (Å²) in [5, 5.41) is 0. The monoisotopic (exact) mass is 229 g/mol. The van der Waals surface area contributed by atoms with Gasteiger partial charge in [-0.3, -0.25) is 9.59 Å². The SMILES string of the molecule is C=C(C)CN1C(=O)C(=O)c2cc(CC)ccc21. The van der Waals surface area contributed by atoms with Crippen LogP contribution >= 0.6 is 0 Å². The van der Waals surface area contributed by atoms with Crippen molar-refractivity contribution in [3.05, 3.63) is 41.5 Å². The molecule has 3 nitrogen and oxygen atoms in total. The van der Waals surface area contributed by atoms with E-state index in [1.807, 2.05) is 32.0 Å². The normalized spacial score (nSPS) is 14.1. The summed E-state index contributed by atoms with van der Waals surface area (Å²) < 4.78 is 0. The molecular formula is C14H15NO2. The van der Waals surface area contributed by atoms with E-state index >= 15 is 0 Å². The van der Waals surface area contributed by atoms with Crippen LogP contribution in [0, 0.1) is 0 Å². The van der Waals surface area contributed by atoms with E-state index in [0.29, 0.717) is 17.8 Å². The first-order chi connectivity index (χ1) is 8.04. The molecule has 0 fully saturated rings. The van der Waals surface area contributed by atoms with E-state index in [4.69, 9.17) is 0 Å². The second-order valence-corrected chi connectivity index (χ2v) is 4.38. The van der Waals surface area contributed by atoms with E-state index in [1.165, 1.54) is 4.90 Å². The van der Waals surface area contributed by atoms with Gasteiger partial charge in [0.05, 0.1) is 11.3 Å². The number of aryl methyl sites for hydroxylation is 1. The summed E-state index contributed by atoms with van der Waals surface area (Å²) in [5.74, 6) is -0.854. The van der Waals surface area contributed by atoms with E-state index in [0.717, 1.165) is 17.6 Å². The maximum Gasteiger partial charge on any atom is 0.299 e. The maximum absolute atomic E-state index is 11.8. The van der Waals surface area contributed by atoms with Gasteiger partial charge in [-0.05, 0) is 31.0 Å². The number of anilines is 1. The average molecular weight is 229 g/mol. The molecule has 0 aliphatic carbocycles. The van der Waals surface area contributed by atoms with E-state index in [-0.39, 0.29) is 0 Å². The van der Waals surface area contributed by atoms with Gasteiger partial charge < -0.3 is 4.90 Å². The Labute approximate surface area is 101 Å². The summed E-state index contributed by atoms with van der Waals surface area (Å²) in [5.41, 5.74) is 3.16. The molecule has 88 valence electrons. The molecule has 0 saturated carbocycles. The number of amides is 1. The van der Waals surface area contributed by atoms with Gasteiger partial charge in [0.2, 0.25) is 0 Å². The van der Waals surface area contributed by atoms with Gasteiger partial charge in [-0.2, -0.15) is 0 Å². The van der Waals surface area contributed by atoms with Crippen LogP contribution in [0.25, 0.3) is 0 Å². The van der Waals surface area contributed by atoms with Crippen molar-refractivity contribution in [2.24, 2.45) is 0 Å². The largest absolute Gasteiger partial charge is 0.301 e. The predicted octanol–water partition coefficient (Wildman–Crippen LogP) is 2.35. The quantitative estimate of drug-likeness (QED) is 0.589. The fourth-order valence-corrected chi connectivity index (χ4v) is 1.99. The highest BCUT2D eigenvalue weighted by atomic mass is 16.2. The van der Waals surface area contributed by atoms with Crippen molar-refractivity contribution >= 4 is 17.4 Å². The molecule has 0 unspecified atom stereocenters. The molecule has 0 spiro atoms. The topological polar surface area (TPSA) is 37.4 Å². The Morgan fingerprint density at radius 3 is 2.65 bits per heavy atom. The molecule has 3 heteroatoms. The van der Waals surface area contributed by atoms with Gasteiger partial charge in [-0.15, -0.1) is 0 Å². The summed E-state index contributed by atoms with van der Waals surface area (Å²) >= 11 is 0. The Morgan fingerprint density at radius 2 is 2.06 bits per heavy atom. The number of hydrogen-bond donors (Lipinski definition) is 0. The fourth-order valence-electron chi connectivity index (χ4n) is 1.99. The molecule has 2 rings (SSSR count). The Bertz CT molecular complexity index is 517. The lowest BCUT2D eigenvalue weighted by molar-refractivity contribution is -0.114. The Morgan fingerprint density at radius 1 is 1.35 bits per heavy atom. The van der Waals surface area contributed by atoms with Gasteiger partial charge in [0.1, 0.15) is 0 Å². The van der Waals surface area contributed by atoms with Crippen LogP contribution < -0.4 is 4.90 Å². The smallest absolute Gasteiger partial charge is 0.299 e. The molecule has 0 N–H and O–H groups in total. The highest BCUT2D eigenvalue weighted by molar-refractivity contribution is 6.52. The minimum atomic E-state index is -0.448. The second-order valence-electron chi connectivity index (χ2n) is 4.38. The first-order valence-electron chi connectivity index (χ1n) is 5.68. The predicted molar refractivity (Wildman–Crippen MR) is 67.3 cm³/mol. The first-order valence-corrected chi connectivity index (χ1v) is 5.68. The van der Waals surface area contributed by atoms with Crippen LogP contribution in [0.5, 0.6) is 0 Å². The van der Waals surface area contributed by atoms with Gasteiger partial charge in [-0.25, -0.2) is 0 Å². The molecule has 1 amide bonds. The van der Waals surface area contributed by atoms with E-state index in [2.05, 4.69) is 6.58 Å². The van der Waals surface area contributed by atoms with Gasteiger partial charge >= 0.3 is 0 Å². The zero-order valence-corrected chi connectivity index (χ0v) is 10.1. The van der Waals surface area contributed by atoms with E-state index < -0.39 is 11.7 Å². The van der Waals surface area contributed by atoms with Crippen molar-refractivity contribution in [3.63, 3.8) is 0 Å². The summed E-state index contributed by atoms with van der Waals surface area (Å²) in [6.45, 7) is 8.05. The zero-order chi connectivity index (χ0) is 12.6. The molecule has 1 aliphatic rings. The summed E-state index contributed by atoms with van der Waals surface area (Å²) in [4.78, 5) is 25.2. The first kappa shape index (κ1) is 11.6. The number of hydrogen-bond acceptors (Lipinski definition) is 2. The second kappa shape index (κ2) is 4.17. The van der Waals surface area contributed by atoms with E-state index in [1.54, 1.807) is 0 Å². The molecule has 0 aromatic heterocycles. The molecule has 0 atom stereocenters. The number of nitrogens with zero attached hydrogens (tertiary/aromatic N) is 1. The van der Waals surface area contributed by atoms with Gasteiger partial charge in [0.15, 0.2) is 0 Å². The third-order valence-electron chi connectivity index (χ3n) is 2.87. The van der Waals surface area contributed by atoms with Crippen molar-refractivity contribution in [1.82, 2.24) is 0 Å². The number of carbonyl (C=O) groups excluding carboxylic acids is 2. The van der Waals surface area contributed by atoms with Crippen molar-refractivity contribution in [3.8, 4) is 0 Å². The van der Waals surface area contributed by atoms with E-state index in [9.17, 15) is 9.59 Å². The number of rotatable bonds is 3. The lowest BCUT2D eigenvalue weighted by Gasteiger charge is -2.16. The van der Waals surface area contributed by atoms with Crippen LogP contribution in [0.1, 0.15) is 29.8 Å². The van der Waals surface area contributed by atoms with Crippen molar-refractivity contribution in [2.75, 3.05) is 11.4 Å². The summed E-state index contributed by atoms with van der Waals surface area (Å²) in [6, 6.07) is 5.62. The highest BCUT2D eigenvalue weighted by Gasteiger charge is 2.35. The lowest BCUT2D eigenvalue weighted by Crippen LogP contribution is -2.30. The fraction of sp³-hybridized carbons (Fsp3) is 0.286. The van der Waals surface area contributed by atoms with Crippen molar-refractivity contribution < 1.29 is 9.59 Å². The standard InChI is InChI=1S/C14H15NO2/c1-4-10-5-6-12-11(7-10)13(16)14(17)15(12)8-9(2)3/h5-7H,2,4,8H2,1,3H3.